The van der Waals surface area contributed by atoms with Crippen molar-refractivity contribution in [2.75, 3.05) is 0 Å². The zero-order valence-electron chi connectivity index (χ0n) is 11.4. The normalized spacial score (nSPS) is 10.8. The van der Waals surface area contributed by atoms with Crippen molar-refractivity contribution in [3.05, 3.63) is 71.7 Å². The molecule has 0 bridgehead atoms. The minimum atomic E-state index is -0.870. The number of rotatable bonds is 3. The Morgan fingerprint density at radius 3 is 2.71 bits per heavy atom. The van der Waals surface area contributed by atoms with Crippen LogP contribution in [0.1, 0.15) is 11.1 Å². The molecule has 0 aliphatic rings. The Morgan fingerprint density at radius 1 is 1.10 bits per heavy atom. The maximum Gasteiger partial charge on any atom is 0.159 e. The summed E-state index contributed by atoms with van der Waals surface area (Å²) in [6, 6.07) is 7.49. The Labute approximate surface area is 120 Å². The van der Waals surface area contributed by atoms with Crippen molar-refractivity contribution in [2.24, 2.45) is 0 Å². The molecule has 2 heterocycles. The largest absolute Gasteiger partial charge is 0.268 e. The third kappa shape index (κ3) is 2.81. The molecule has 106 valence electrons. The Morgan fingerprint density at radius 2 is 1.95 bits per heavy atom. The summed E-state index contributed by atoms with van der Waals surface area (Å²) in [6.07, 6.45) is 5.35. The van der Waals surface area contributed by atoms with E-state index in [9.17, 15) is 8.78 Å². The summed E-state index contributed by atoms with van der Waals surface area (Å²) >= 11 is 0. The maximum absolute atomic E-state index is 13.3. The van der Waals surface area contributed by atoms with E-state index in [1.165, 1.54) is 6.07 Å². The summed E-state index contributed by atoms with van der Waals surface area (Å²) in [5.74, 6) is -1.73. The average molecular weight is 285 g/mol. The SMILES string of the molecule is Cc1ccncc1Cn1ccc(-c2ccc(F)c(F)c2)n1. The van der Waals surface area contributed by atoms with Gasteiger partial charge in [-0.3, -0.25) is 9.67 Å². The molecule has 0 unspecified atom stereocenters. The van der Waals surface area contributed by atoms with Gasteiger partial charge in [-0.2, -0.15) is 5.10 Å². The van der Waals surface area contributed by atoms with Crippen LogP contribution in [0.15, 0.2) is 48.9 Å². The number of nitrogens with zero attached hydrogens (tertiary/aromatic N) is 3. The van der Waals surface area contributed by atoms with Gasteiger partial charge in [0.05, 0.1) is 12.2 Å². The molecule has 0 amide bonds. The molecule has 0 saturated heterocycles. The molecule has 3 nitrogen and oxygen atoms in total. The van der Waals surface area contributed by atoms with Gasteiger partial charge in [0, 0.05) is 24.2 Å². The summed E-state index contributed by atoms with van der Waals surface area (Å²) in [5.41, 5.74) is 3.36. The van der Waals surface area contributed by atoms with Gasteiger partial charge in [0.25, 0.3) is 0 Å². The Balaban J connectivity index is 1.86. The quantitative estimate of drug-likeness (QED) is 0.736. The van der Waals surface area contributed by atoms with Crippen molar-refractivity contribution in [2.45, 2.75) is 13.5 Å². The molecular weight excluding hydrogens is 272 g/mol. The topological polar surface area (TPSA) is 30.7 Å². The smallest absolute Gasteiger partial charge is 0.159 e. The van der Waals surface area contributed by atoms with E-state index in [4.69, 9.17) is 0 Å². The van der Waals surface area contributed by atoms with Gasteiger partial charge in [0.15, 0.2) is 11.6 Å². The summed E-state index contributed by atoms with van der Waals surface area (Å²) < 4.78 is 27.9. The van der Waals surface area contributed by atoms with Gasteiger partial charge in [0.1, 0.15) is 0 Å². The lowest BCUT2D eigenvalue weighted by molar-refractivity contribution is 0.509. The maximum atomic E-state index is 13.3. The van der Waals surface area contributed by atoms with Crippen molar-refractivity contribution < 1.29 is 8.78 Å². The van der Waals surface area contributed by atoms with Gasteiger partial charge >= 0.3 is 0 Å². The summed E-state index contributed by atoms with van der Waals surface area (Å²) in [4.78, 5) is 4.10. The fourth-order valence-corrected chi connectivity index (χ4v) is 2.10. The lowest BCUT2D eigenvalue weighted by Crippen LogP contribution is -2.02. The van der Waals surface area contributed by atoms with Crippen LogP contribution in [-0.2, 0) is 6.54 Å². The lowest BCUT2D eigenvalue weighted by atomic mass is 10.1. The van der Waals surface area contributed by atoms with E-state index >= 15 is 0 Å². The number of aryl methyl sites for hydroxylation is 1. The minimum absolute atomic E-state index is 0.551. The molecule has 0 aliphatic carbocycles. The predicted molar refractivity (Wildman–Crippen MR) is 75.7 cm³/mol. The first-order valence-corrected chi connectivity index (χ1v) is 6.52. The van der Waals surface area contributed by atoms with Crippen LogP contribution in [0, 0.1) is 18.6 Å². The monoisotopic (exact) mass is 285 g/mol. The zero-order chi connectivity index (χ0) is 14.8. The molecular formula is C16H13F2N3. The molecule has 0 spiro atoms. The number of halogens is 2. The number of aromatic nitrogens is 3. The molecule has 0 saturated carbocycles. The van der Waals surface area contributed by atoms with Crippen LogP contribution >= 0.6 is 0 Å². The van der Waals surface area contributed by atoms with E-state index < -0.39 is 11.6 Å². The first kappa shape index (κ1) is 13.4. The van der Waals surface area contributed by atoms with Crippen LogP contribution in [0.4, 0.5) is 8.78 Å². The summed E-state index contributed by atoms with van der Waals surface area (Å²) in [7, 11) is 0. The van der Waals surface area contributed by atoms with Gasteiger partial charge in [-0.25, -0.2) is 8.78 Å². The molecule has 21 heavy (non-hydrogen) atoms. The van der Waals surface area contributed by atoms with Crippen LogP contribution in [-0.4, -0.2) is 14.8 Å². The molecule has 3 rings (SSSR count). The summed E-state index contributed by atoms with van der Waals surface area (Å²) in [5, 5.41) is 4.39. The van der Waals surface area contributed by atoms with E-state index in [1.807, 2.05) is 19.2 Å². The van der Waals surface area contributed by atoms with Crippen LogP contribution in [0.2, 0.25) is 0 Å². The van der Waals surface area contributed by atoms with Crippen molar-refractivity contribution in [1.29, 1.82) is 0 Å². The molecule has 0 fully saturated rings. The number of hydrogen-bond donors (Lipinski definition) is 0. The molecule has 0 radical (unpaired) electrons. The Bertz CT molecular complexity index is 781. The van der Waals surface area contributed by atoms with Crippen molar-refractivity contribution in [3.8, 4) is 11.3 Å². The van der Waals surface area contributed by atoms with Gasteiger partial charge in [0.2, 0.25) is 0 Å². The van der Waals surface area contributed by atoms with E-state index in [-0.39, 0.29) is 0 Å². The average Bonchev–Trinajstić information content (AvgIpc) is 2.93. The number of benzene rings is 1. The second-order valence-corrected chi connectivity index (χ2v) is 4.83. The highest BCUT2D eigenvalue weighted by atomic mass is 19.2. The van der Waals surface area contributed by atoms with Crippen molar-refractivity contribution in [1.82, 2.24) is 14.8 Å². The Hall–Kier alpha value is -2.56. The van der Waals surface area contributed by atoms with E-state index in [2.05, 4.69) is 10.1 Å². The van der Waals surface area contributed by atoms with E-state index in [0.29, 0.717) is 17.8 Å². The Kier molecular flexibility index (Phi) is 3.48. The first-order valence-electron chi connectivity index (χ1n) is 6.52. The highest BCUT2D eigenvalue weighted by Gasteiger charge is 2.08. The third-order valence-electron chi connectivity index (χ3n) is 3.34. The van der Waals surface area contributed by atoms with Gasteiger partial charge < -0.3 is 0 Å². The van der Waals surface area contributed by atoms with Gasteiger partial charge in [-0.15, -0.1) is 0 Å². The number of hydrogen-bond acceptors (Lipinski definition) is 2. The van der Waals surface area contributed by atoms with Crippen LogP contribution in [0.25, 0.3) is 11.3 Å². The second kappa shape index (κ2) is 5.44. The molecule has 1 aromatic carbocycles. The van der Waals surface area contributed by atoms with Gasteiger partial charge in [-0.1, -0.05) is 0 Å². The van der Waals surface area contributed by atoms with Crippen molar-refractivity contribution in [3.63, 3.8) is 0 Å². The van der Waals surface area contributed by atoms with Crippen LogP contribution in [0.3, 0.4) is 0 Å². The summed E-state index contributed by atoms with van der Waals surface area (Å²) in [6.45, 7) is 2.60. The fourth-order valence-electron chi connectivity index (χ4n) is 2.10. The minimum Gasteiger partial charge on any atom is -0.268 e. The number of pyridine rings is 1. The third-order valence-corrected chi connectivity index (χ3v) is 3.34. The molecule has 0 atom stereocenters. The predicted octanol–water partition coefficient (Wildman–Crippen LogP) is 3.58. The first-order chi connectivity index (χ1) is 10.1. The van der Waals surface area contributed by atoms with Crippen LogP contribution in [0.5, 0.6) is 0 Å². The van der Waals surface area contributed by atoms with Crippen molar-refractivity contribution >= 4 is 0 Å². The van der Waals surface area contributed by atoms with Gasteiger partial charge in [-0.05, 0) is 48.4 Å². The molecule has 0 N–H and O–H groups in total. The highest BCUT2D eigenvalue weighted by Crippen LogP contribution is 2.20. The molecule has 3 aromatic rings. The molecule has 2 aromatic heterocycles. The fraction of sp³-hybridized carbons (Fsp3) is 0.125. The van der Waals surface area contributed by atoms with Crippen LogP contribution < -0.4 is 0 Å². The highest BCUT2D eigenvalue weighted by molar-refractivity contribution is 5.58. The molecule has 0 aliphatic heterocycles. The van der Waals surface area contributed by atoms with E-state index in [1.54, 1.807) is 23.1 Å². The second-order valence-electron chi connectivity index (χ2n) is 4.83. The van der Waals surface area contributed by atoms with E-state index in [0.717, 1.165) is 23.3 Å². The standard InChI is InChI=1S/C16H13F2N3/c1-11-4-6-19-9-13(11)10-21-7-5-16(20-21)12-2-3-14(17)15(18)8-12/h2-9H,10H2,1H3. The lowest BCUT2D eigenvalue weighted by Gasteiger charge is -2.05. The zero-order valence-corrected chi connectivity index (χ0v) is 11.4. The molecule has 5 heteroatoms.